The van der Waals surface area contributed by atoms with Gasteiger partial charge in [0.05, 0.1) is 17.8 Å². The van der Waals surface area contributed by atoms with Crippen LogP contribution >= 0.6 is 11.8 Å². The maximum Gasteiger partial charge on any atom is 0.256 e. The molecule has 0 aromatic heterocycles. The summed E-state index contributed by atoms with van der Waals surface area (Å²) in [4.78, 5) is 42.6. The molecule has 156 valence electrons. The van der Waals surface area contributed by atoms with Crippen molar-refractivity contribution in [2.45, 2.75) is 10.9 Å². The summed E-state index contributed by atoms with van der Waals surface area (Å²) in [6.45, 7) is 0.805. The summed E-state index contributed by atoms with van der Waals surface area (Å²) in [5.74, 6) is -0.668. The van der Waals surface area contributed by atoms with Gasteiger partial charge in [-0.25, -0.2) is 0 Å². The number of carbonyl (C=O) groups is 3. The lowest BCUT2D eigenvalue weighted by Crippen LogP contribution is -2.59. The summed E-state index contributed by atoms with van der Waals surface area (Å²) in [5, 5.41) is 2.87. The van der Waals surface area contributed by atoms with Crippen LogP contribution in [0.2, 0.25) is 0 Å². The van der Waals surface area contributed by atoms with Gasteiger partial charge in [-0.2, -0.15) is 0 Å². The van der Waals surface area contributed by atoms with Crippen molar-refractivity contribution < 1.29 is 19.1 Å². The molecular formula is C22H23N3O4S. The van der Waals surface area contributed by atoms with E-state index in [9.17, 15) is 14.4 Å². The Kier molecular flexibility index (Phi) is 5.78. The van der Waals surface area contributed by atoms with Crippen LogP contribution in [0.1, 0.15) is 10.4 Å². The number of nitrogens with zero attached hydrogens (tertiary/aromatic N) is 2. The quantitative estimate of drug-likeness (QED) is 0.761. The molecule has 0 spiro atoms. The maximum absolute atomic E-state index is 13.3. The molecule has 1 saturated heterocycles. The molecule has 7 nitrogen and oxygen atoms in total. The van der Waals surface area contributed by atoms with Crippen molar-refractivity contribution in [3.05, 3.63) is 48.0 Å². The zero-order valence-electron chi connectivity index (χ0n) is 16.9. The predicted octanol–water partition coefficient (Wildman–Crippen LogP) is 2.33. The fourth-order valence-electron chi connectivity index (χ4n) is 3.86. The number of amides is 3. The average Bonchev–Trinajstić information content (AvgIpc) is 2.88. The minimum atomic E-state index is -0.719. The van der Waals surface area contributed by atoms with Gasteiger partial charge >= 0.3 is 0 Å². The first-order valence-electron chi connectivity index (χ1n) is 9.69. The molecular weight excluding hydrogens is 402 g/mol. The van der Waals surface area contributed by atoms with Gasteiger partial charge in [0, 0.05) is 25.1 Å². The number of piperazine rings is 1. The second-order valence-corrected chi connectivity index (χ2v) is 8.14. The SMILES string of the molecule is COCC(=O)N1CCN2C(=O)c3cc(-c4ccc(SC)cc4)ccc3NC(=O)[C@H]2C1. The van der Waals surface area contributed by atoms with Gasteiger partial charge < -0.3 is 19.9 Å². The largest absolute Gasteiger partial charge is 0.375 e. The third-order valence-electron chi connectivity index (χ3n) is 5.50. The topological polar surface area (TPSA) is 79.0 Å². The number of rotatable bonds is 4. The number of fused-ring (bicyclic) bond motifs is 2. The number of hydrogen-bond donors (Lipinski definition) is 1. The van der Waals surface area contributed by atoms with E-state index in [4.69, 9.17) is 4.74 Å². The highest BCUT2D eigenvalue weighted by Gasteiger charge is 2.40. The van der Waals surface area contributed by atoms with Gasteiger partial charge in [0.25, 0.3) is 5.91 Å². The van der Waals surface area contributed by atoms with Gasteiger partial charge in [-0.3, -0.25) is 14.4 Å². The van der Waals surface area contributed by atoms with E-state index in [-0.39, 0.29) is 30.9 Å². The normalized spacial score (nSPS) is 18.4. The molecule has 2 aliphatic rings. The second-order valence-electron chi connectivity index (χ2n) is 7.27. The van der Waals surface area contributed by atoms with Crippen LogP contribution in [0.15, 0.2) is 47.4 Å². The lowest BCUT2D eigenvalue weighted by atomic mass is 10.0. The molecule has 2 aromatic carbocycles. The zero-order chi connectivity index (χ0) is 21.3. The van der Waals surface area contributed by atoms with Crippen LogP contribution in [0.3, 0.4) is 0 Å². The van der Waals surface area contributed by atoms with Crippen molar-refractivity contribution in [2.75, 3.05) is 44.9 Å². The van der Waals surface area contributed by atoms with Crippen LogP contribution in [0.4, 0.5) is 5.69 Å². The smallest absolute Gasteiger partial charge is 0.256 e. The number of nitrogens with one attached hydrogen (secondary N) is 1. The van der Waals surface area contributed by atoms with Crippen molar-refractivity contribution in [1.29, 1.82) is 0 Å². The molecule has 0 radical (unpaired) electrons. The molecule has 2 heterocycles. The molecule has 1 atom stereocenters. The van der Waals surface area contributed by atoms with Crippen molar-refractivity contribution in [3.8, 4) is 11.1 Å². The highest BCUT2D eigenvalue weighted by Crippen LogP contribution is 2.31. The van der Waals surface area contributed by atoms with Gasteiger partial charge in [0.2, 0.25) is 11.8 Å². The summed E-state index contributed by atoms with van der Waals surface area (Å²) < 4.78 is 4.91. The molecule has 1 N–H and O–H groups in total. The Morgan fingerprint density at radius 3 is 2.57 bits per heavy atom. The minimum Gasteiger partial charge on any atom is -0.375 e. The summed E-state index contributed by atoms with van der Waals surface area (Å²) in [6.07, 6.45) is 2.03. The summed E-state index contributed by atoms with van der Waals surface area (Å²) in [6, 6.07) is 12.9. The fourth-order valence-corrected chi connectivity index (χ4v) is 4.26. The van der Waals surface area contributed by atoms with Crippen LogP contribution in [-0.4, -0.2) is 73.2 Å². The van der Waals surface area contributed by atoms with E-state index in [0.29, 0.717) is 24.3 Å². The molecule has 2 aliphatic heterocycles. The lowest BCUT2D eigenvalue weighted by Gasteiger charge is -2.39. The molecule has 3 amide bonds. The van der Waals surface area contributed by atoms with Crippen molar-refractivity contribution >= 4 is 35.2 Å². The van der Waals surface area contributed by atoms with Gasteiger partial charge in [0.15, 0.2) is 0 Å². The molecule has 0 bridgehead atoms. The molecule has 1 fully saturated rings. The van der Waals surface area contributed by atoms with Gasteiger partial charge in [-0.05, 0) is 41.6 Å². The summed E-state index contributed by atoms with van der Waals surface area (Å²) in [7, 11) is 1.46. The van der Waals surface area contributed by atoms with E-state index in [2.05, 4.69) is 5.32 Å². The van der Waals surface area contributed by atoms with Crippen LogP contribution in [0.5, 0.6) is 0 Å². The van der Waals surface area contributed by atoms with E-state index < -0.39 is 6.04 Å². The van der Waals surface area contributed by atoms with Crippen LogP contribution < -0.4 is 5.32 Å². The summed E-state index contributed by atoms with van der Waals surface area (Å²) >= 11 is 1.67. The van der Waals surface area contributed by atoms with Crippen LogP contribution in [0.25, 0.3) is 11.1 Å². The van der Waals surface area contributed by atoms with E-state index >= 15 is 0 Å². The Morgan fingerprint density at radius 1 is 1.13 bits per heavy atom. The van der Waals surface area contributed by atoms with Crippen LogP contribution in [0, 0.1) is 0 Å². The molecule has 0 saturated carbocycles. The Bertz CT molecular complexity index is 992. The molecule has 30 heavy (non-hydrogen) atoms. The summed E-state index contributed by atoms with van der Waals surface area (Å²) in [5.41, 5.74) is 2.88. The molecule has 2 aromatic rings. The fraction of sp³-hybridized carbons (Fsp3) is 0.318. The van der Waals surface area contributed by atoms with Gasteiger partial charge in [-0.15, -0.1) is 11.8 Å². The number of benzene rings is 2. The number of carbonyl (C=O) groups excluding carboxylic acids is 3. The molecule has 8 heteroatoms. The Labute approximate surface area is 179 Å². The third-order valence-corrected chi connectivity index (χ3v) is 6.24. The number of ether oxygens (including phenoxy) is 1. The molecule has 0 unspecified atom stereocenters. The zero-order valence-corrected chi connectivity index (χ0v) is 17.7. The highest BCUT2D eigenvalue weighted by molar-refractivity contribution is 7.98. The van der Waals surface area contributed by atoms with E-state index in [1.54, 1.807) is 27.6 Å². The Hall–Kier alpha value is -2.84. The number of methoxy groups -OCH3 is 1. The van der Waals surface area contributed by atoms with Crippen molar-refractivity contribution in [3.63, 3.8) is 0 Å². The van der Waals surface area contributed by atoms with Gasteiger partial charge in [0.1, 0.15) is 12.6 Å². The highest BCUT2D eigenvalue weighted by atomic mass is 32.2. The Morgan fingerprint density at radius 2 is 1.87 bits per heavy atom. The number of thioether (sulfide) groups is 1. The monoisotopic (exact) mass is 425 g/mol. The van der Waals surface area contributed by atoms with E-state index in [1.807, 2.05) is 42.7 Å². The number of anilines is 1. The van der Waals surface area contributed by atoms with E-state index in [1.165, 1.54) is 12.0 Å². The standard InChI is InChI=1S/C22H23N3O4S/c1-29-13-20(26)24-9-10-25-19(12-24)21(27)23-18-8-5-15(11-17(18)22(25)28)14-3-6-16(30-2)7-4-14/h3-8,11,19H,9-10,12-13H2,1-2H3,(H,23,27)/t19-/m1/s1. The predicted molar refractivity (Wildman–Crippen MR) is 116 cm³/mol. The third kappa shape index (κ3) is 3.80. The van der Waals surface area contributed by atoms with E-state index in [0.717, 1.165) is 11.1 Å². The first-order valence-corrected chi connectivity index (χ1v) is 10.9. The van der Waals surface area contributed by atoms with Crippen molar-refractivity contribution in [2.24, 2.45) is 0 Å². The van der Waals surface area contributed by atoms with Crippen LogP contribution in [-0.2, 0) is 14.3 Å². The Balaban J connectivity index is 1.63. The average molecular weight is 426 g/mol. The first-order chi connectivity index (χ1) is 14.5. The first kappa shape index (κ1) is 20.4. The second kappa shape index (κ2) is 8.49. The lowest BCUT2D eigenvalue weighted by molar-refractivity contribution is -0.139. The minimum absolute atomic E-state index is 0.0405. The molecule has 0 aliphatic carbocycles. The van der Waals surface area contributed by atoms with Crippen molar-refractivity contribution in [1.82, 2.24) is 9.80 Å². The van der Waals surface area contributed by atoms with Gasteiger partial charge in [-0.1, -0.05) is 18.2 Å². The number of hydrogen-bond acceptors (Lipinski definition) is 5. The molecule has 4 rings (SSSR count). The maximum atomic E-state index is 13.3.